The molecule has 3 rings (SSSR count). The third-order valence-corrected chi connectivity index (χ3v) is 5.55. The van der Waals surface area contributed by atoms with Gasteiger partial charge in [0.25, 0.3) is 5.91 Å². The molecule has 0 bridgehead atoms. The standard InChI is InChI=1S/C21H22ClN3O3S/c1-14(10-11-29(3,27)28)24-21(26)16-8-9-20-17(12-16)13-23-25(20)15(2)18-6-4-5-7-19(18)22/h4-15H,1-3H3,(H,24,26)/b11-10+/t14-,15?/m1/s1. The largest absolute Gasteiger partial charge is 0.346 e. The van der Waals surface area contributed by atoms with E-state index in [2.05, 4.69) is 10.4 Å². The summed E-state index contributed by atoms with van der Waals surface area (Å²) >= 11 is 6.32. The van der Waals surface area contributed by atoms with E-state index in [9.17, 15) is 13.2 Å². The van der Waals surface area contributed by atoms with Gasteiger partial charge in [-0.05, 0) is 43.7 Å². The predicted octanol–water partition coefficient (Wildman–Crippen LogP) is 3.98. The van der Waals surface area contributed by atoms with Gasteiger partial charge in [0.2, 0.25) is 0 Å². The van der Waals surface area contributed by atoms with Crippen molar-refractivity contribution >= 4 is 38.2 Å². The average Bonchev–Trinajstić information content (AvgIpc) is 3.09. The zero-order valence-electron chi connectivity index (χ0n) is 16.3. The molecule has 0 saturated carbocycles. The van der Waals surface area contributed by atoms with Crippen LogP contribution in [-0.2, 0) is 9.84 Å². The summed E-state index contributed by atoms with van der Waals surface area (Å²) in [5, 5.41) is 9.83. The van der Waals surface area contributed by atoms with Gasteiger partial charge in [0.05, 0.1) is 17.8 Å². The zero-order chi connectivity index (χ0) is 21.2. The summed E-state index contributed by atoms with van der Waals surface area (Å²) in [5.41, 5.74) is 2.33. The molecule has 2 aromatic carbocycles. The van der Waals surface area contributed by atoms with Crippen LogP contribution in [0.1, 0.15) is 35.8 Å². The fraction of sp³-hybridized carbons (Fsp3) is 0.238. The number of nitrogens with one attached hydrogen (secondary N) is 1. The van der Waals surface area contributed by atoms with Crippen LogP contribution in [0.2, 0.25) is 5.02 Å². The monoisotopic (exact) mass is 431 g/mol. The Bertz CT molecular complexity index is 1180. The predicted molar refractivity (Wildman–Crippen MR) is 116 cm³/mol. The molecular formula is C21H22ClN3O3S. The van der Waals surface area contributed by atoms with E-state index in [-0.39, 0.29) is 11.9 Å². The second-order valence-electron chi connectivity index (χ2n) is 6.98. The van der Waals surface area contributed by atoms with E-state index in [1.165, 1.54) is 6.08 Å². The zero-order valence-corrected chi connectivity index (χ0v) is 17.9. The topological polar surface area (TPSA) is 81.1 Å². The first-order valence-corrected chi connectivity index (χ1v) is 11.4. The van der Waals surface area contributed by atoms with Crippen molar-refractivity contribution in [1.82, 2.24) is 15.1 Å². The maximum atomic E-state index is 12.5. The normalized spacial score (nSPS) is 14.2. The molecule has 3 aromatic rings. The molecule has 0 spiro atoms. The quantitative estimate of drug-likeness (QED) is 0.640. The molecule has 0 aliphatic carbocycles. The van der Waals surface area contributed by atoms with Gasteiger partial charge in [-0.15, -0.1) is 0 Å². The van der Waals surface area contributed by atoms with Gasteiger partial charge in [-0.25, -0.2) is 8.42 Å². The van der Waals surface area contributed by atoms with Gasteiger partial charge in [0.1, 0.15) is 0 Å². The SMILES string of the molecule is CC(c1ccccc1Cl)n1ncc2cc(C(=O)N[C@H](C)/C=C/S(C)(=O)=O)ccc21. The van der Waals surface area contributed by atoms with Crippen molar-refractivity contribution in [3.63, 3.8) is 0 Å². The van der Waals surface area contributed by atoms with E-state index in [4.69, 9.17) is 11.6 Å². The number of carbonyl (C=O) groups is 1. The van der Waals surface area contributed by atoms with E-state index in [1.807, 2.05) is 41.9 Å². The Kier molecular flexibility index (Phi) is 6.10. The molecule has 2 atom stereocenters. The Balaban J connectivity index is 1.82. The van der Waals surface area contributed by atoms with Gasteiger partial charge in [-0.1, -0.05) is 35.9 Å². The molecule has 8 heteroatoms. The number of nitrogens with zero attached hydrogens (tertiary/aromatic N) is 2. The highest BCUT2D eigenvalue weighted by molar-refractivity contribution is 7.93. The second-order valence-corrected chi connectivity index (χ2v) is 9.32. The van der Waals surface area contributed by atoms with E-state index < -0.39 is 15.9 Å². The van der Waals surface area contributed by atoms with Crippen LogP contribution in [0.5, 0.6) is 0 Å². The van der Waals surface area contributed by atoms with E-state index >= 15 is 0 Å². The molecule has 1 aromatic heterocycles. The smallest absolute Gasteiger partial charge is 0.251 e. The molecule has 1 heterocycles. The Morgan fingerprint density at radius 1 is 1.21 bits per heavy atom. The lowest BCUT2D eigenvalue weighted by molar-refractivity contribution is 0.0947. The summed E-state index contributed by atoms with van der Waals surface area (Å²) in [6.45, 7) is 3.73. The van der Waals surface area contributed by atoms with Crippen molar-refractivity contribution in [2.75, 3.05) is 6.26 Å². The first-order chi connectivity index (χ1) is 13.7. The van der Waals surface area contributed by atoms with Crippen LogP contribution in [0.15, 0.2) is 60.1 Å². The summed E-state index contributed by atoms with van der Waals surface area (Å²) in [4.78, 5) is 12.5. The minimum atomic E-state index is -3.23. The lowest BCUT2D eigenvalue weighted by Crippen LogP contribution is -2.31. The van der Waals surface area contributed by atoms with Gasteiger partial charge in [0, 0.05) is 33.7 Å². The van der Waals surface area contributed by atoms with Gasteiger partial charge in [-0.3, -0.25) is 9.48 Å². The molecule has 6 nitrogen and oxygen atoms in total. The van der Waals surface area contributed by atoms with Crippen molar-refractivity contribution < 1.29 is 13.2 Å². The molecule has 1 amide bonds. The molecule has 0 radical (unpaired) electrons. The number of rotatable bonds is 6. The second kappa shape index (κ2) is 8.39. The lowest BCUT2D eigenvalue weighted by Gasteiger charge is -2.15. The van der Waals surface area contributed by atoms with Crippen molar-refractivity contribution in [3.05, 3.63) is 76.3 Å². The van der Waals surface area contributed by atoms with Crippen LogP contribution < -0.4 is 5.32 Å². The highest BCUT2D eigenvalue weighted by atomic mass is 35.5. The number of fused-ring (bicyclic) bond motifs is 1. The number of benzene rings is 2. The van der Waals surface area contributed by atoms with Crippen LogP contribution in [0, 0.1) is 0 Å². The number of amides is 1. The van der Waals surface area contributed by atoms with E-state index in [1.54, 1.807) is 25.3 Å². The first kappa shape index (κ1) is 21.1. The molecule has 1 unspecified atom stereocenters. The van der Waals surface area contributed by atoms with Gasteiger partial charge < -0.3 is 5.32 Å². The minimum absolute atomic E-state index is 0.0676. The third-order valence-electron chi connectivity index (χ3n) is 4.55. The van der Waals surface area contributed by atoms with Crippen molar-refractivity contribution in [2.24, 2.45) is 0 Å². The first-order valence-electron chi connectivity index (χ1n) is 9.06. The number of carbonyl (C=O) groups excluding carboxylic acids is 1. The summed E-state index contributed by atoms with van der Waals surface area (Å²) in [7, 11) is -3.23. The maximum absolute atomic E-state index is 12.5. The van der Waals surface area contributed by atoms with Crippen molar-refractivity contribution in [3.8, 4) is 0 Å². The van der Waals surface area contributed by atoms with Crippen LogP contribution in [0.25, 0.3) is 10.9 Å². The molecule has 29 heavy (non-hydrogen) atoms. The molecule has 1 N–H and O–H groups in total. The van der Waals surface area contributed by atoms with Crippen molar-refractivity contribution in [2.45, 2.75) is 25.9 Å². The lowest BCUT2D eigenvalue weighted by atomic mass is 10.1. The molecule has 0 fully saturated rings. The number of hydrogen-bond donors (Lipinski definition) is 1. The van der Waals surface area contributed by atoms with Gasteiger partial charge in [0.15, 0.2) is 9.84 Å². The fourth-order valence-electron chi connectivity index (χ4n) is 3.05. The minimum Gasteiger partial charge on any atom is -0.346 e. The highest BCUT2D eigenvalue weighted by Gasteiger charge is 2.16. The average molecular weight is 432 g/mol. The molecule has 0 saturated heterocycles. The molecular weight excluding hydrogens is 410 g/mol. The summed E-state index contributed by atoms with van der Waals surface area (Å²) in [6.07, 6.45) is 4.26. The summed E-state index contributed by atoms with van der Waals surface area (Å²) < 4.78 is 24.3. The number of aromatic nitrogens is 2. The van der Waals surface area contributed by atoms with E-state index in [0.29, 0.717) is 10.6 Å². The Morgan fingerprint density at radius 2 is 1.93 bits per heavy atom. The van der Waals surface area contributed by atoms with Gasteiger partial charge in [-0.2, -0.15) is 5.10 Å². The Morgan fingerprint density at radius 3 is 2.62 bits per heavy atom. The van der Waals surface area contributed by atoms with Gasteiger partial charge >= 0.3 is 0 Å². The third kappa shape index (κ3) is 5.05. The molecule has 152 valence electrons. The van der Waals surface area contributed by atoms with E-state index in [0.717, 1.165) is 28.1 Å². The maximum Gasteiger partial charge on any atom is 0.251 e. The number of sulfone groups is 1. The van der Waals surface area contributed by atoms with Crippen LogP contribution >= 0.6 is 11.6 Å². The highest BCUT2D eigenvalue weighted by Crippen LogP contribution is 2.28. The van der Waals surface area contributed by atoms with Crippen LogP contribution in [-0.4, -0.2) is 36.4 Å². The summed E-state index contributed by atoms with van der Waals surface area (Å²) in [5.74, 6) is -0.288. The van der Waals surface area contributed by atoms with Crippen molar-refractivity contribution in [1.29, 1.82) is 0 Å². The number of hydrogen-bond acceptors (Lipinski definition) is 4. The Hall–Kier alpha value is -2.64. The van der Waals surface area contributed by atoms with Crippen LogP contribution in [0.3, 0.4) is 0 Å². The Labute approximate surface area is 175 Å². The summed E-state index contributed by atoms with van der Waals surface area (Å²) in [6, 6.07) is 12.5. The number of halogens is 1. The fourth-order valence-corrected chi connectivity index (χ4v) is 3.86. The van der Waals surface area contributed by atoms with Crippen LogP contribution in [0.4, 0.5) is 0 Å². The molecule has 0 aliphatic heterocycles. The molecule has 0 aliphatic rings.